The predicted octanol–water partition coefficient (Wildman–Crippen LogP) is 3.08. The molecule has 0 aliphatic heterocycles. The van der Waals surface area contributed by atoms with Crippen molar-refractivity contribution in [1.82, 2.24) is 14.5 Å². The summed E-state index contributed by atoms with van der Waals surface area (Å²) in [6.45, 7) is 5.53. The average molecular weight is 507 g/mol. The van der Waals surface area contributed by atoms with E-state index < -0.39 is 34.5 Å². The second-order valence-electron chi connectivity index (χ2n) is 8.47. The Hall–Kier alpha value is -2.98. The van der Waals surface area contributed by atoms with Crippen LogP contribution in [-0.4, -0.2) is 62.7 Å². The van der Waals surface area contributed by atoms with Gasteiger partial charge in [-0.1, -0.05) is 55.8 Å². The van der Waals surface area contributed by atoms with Crippen LogP contribution in [0.5, 0.6) is 0 Å². The first-order valence-electron chi connectivity index (χ1n) is 11.6. The third-order valence-electron chi connectivity index (χ3n) is 5.51. The maximum Gasteiger partial charge on any atom is 0.304 e. The Morgan fingerprint density at radius 1 is 1.06 bits per heavy atom. The van der Waals surface area contributed by atoms with Crippen molar-refractivity contribution in [3.8, 4) is 0 Å². The average Bonchev–Trinajstić information content (AvgIpc) is 2.81. The summed E-state index contributed by atoms with van der Waals surface area (Å²) in [6, 6.07) is 12.1. The number of hydrogen-bond acceptors (Lipinski definition) is 4. The van der Waals surface area contributed by atoms with Crippen molar-refractivity contribution in [2.45, 2.75) is 46.2 Å². The lowest BCUT2D eigenvalue weighted by atomic mass is 10.1. The van der Waals surface area contributed by atoms with Crippen LogP contribution in [-0.2, 0) is 26.3 Å². The smallest absolute Gasteiger partial charge is 0.304 e. The van der Waals surface area contributed by atoms with Gasteiger partial charge in [-0.3, -0.25) is 9.59 Å². The quantitative estimate of drug-likeness (QED) is 0.479. The van der Waals surface area contributed by atoms with Crippen molar-refractivity contribution in [3.05, 3.63) is 65.5 Å². The van der Waals surface area contributed by atoms with Crippen molar-refractivity contribution in [2.75, 3.05) is 31.5 Å². The highest BCUT2D eigenvalue weighted by molar-refractivity contribution is 7.90. The van der Waals surface area contributed by atoms with Crippen LogP contribution in [0.2, 0.25) is 0 Å². The maximum atomic E-state index is 14.7. The molecule has 192 valence electrons. The van der Waals surface area contributed by atoms with E-state index in [2.05, 4.69) is 5.32 Å². The van der Waals surface area contributed by atoms with E-state index in [1.165, 1.54) is 37.2 Å². The molecule has 0 bridgehead atoms. The van der Waals surface area contributed by atoms with Crippen LogP contribution >= 0.6 is 0 Å². The van der Waals surface area contributed by atoms with Gasteiger partial charge in [-0.2, -0.15) is 12.7 Å². The Bertz CT molecular complexity index is 1120. The van der Waals surface area contributed by atoms with Crippen molar-refractivity contribution in [3.63, 3.8) is 0 Å². The van der Waals surface area contributed by atoms with Gasteiger partial charge >= 0.3 is 10.2 Å². The van der Waals surface area contributed by atoms with Crippen LogP contribution in [0.4, 0.5) is 10.1 Å². The van der Waals surface area contributed by atoms with Gasteiger partial charge in [0.15, 0.2) is 0 Å². The summed E-state index contributed by atoms with van der Waals surface area (Å²) < 4.78 is 42.5. The normalized spacial score (nSPS) is 12.3. The molecular formula is C25H35FN4O4S. The topological polar surface area (TPSA) is 90.0 Å². The van der Waals surface area contributed by atoms with E-state index in [1.54, 1.807) is 6.92 Å². The number of hydrogen-bond donors (Lipinski definition) is 1. The van der Waals surface area contributed by atoms with Gasteiger partial charge in [0.05, 0.1) is 5.69 Å². The molecule has 1 atom stereocenters. The van der Waals surface area contributed by atoms with Crippen LogP contribution in [0.15, 0.2) is 48.5 Å². The Balaban J connectivity index is 2.50. The molecule has 0 aliphatic carbocycles. The Morgan fingerprint density at radius 2 is 1.74 bits per heavy atom. The number of rotatable bonds is 12. The lowest BCUT2D eigenvalue weighted by Gasteiger charge is -2.34. The number of aryl methyl sites for hydroxylation is 1. The predicted molar refractivity (Wildman–Crippen MR) is 135 cm³/mol. The van der Waals surface area contributed by atoms with Crippen molar-refractivity contribution in [1.29, 1.82) is 0 Å². The van der Waals surface area contributed by atoms with Crippen LogP contribution in [0, 0.1) is 12.7 Å². The van der Waals surface area contributed by atoms with Gasteiger partial charge < -0.3 is 10.2 Å². The summed E-state index contributed by atoms with van der Waals surface area (Å²) >= 11 is 0. The van der Waals surface area contributed by atoms with E-state index in [9.17, 15) is 22.4 Å². The zero-order valence-corrected chi connectivity index (χ0v) is 21.8. The molecule has 0 heterocycles. The second-order valence-corrected chi connectivity index (χ2v) is 10.5. The highest BCUT2D eigenvalue weighted by Crippen LogP contribution is 2.24. The third-order valence-corrected chi connectivity index (χ3v) is 7.32. The molecule has 8 nitrogen and oxygen atoms in total. The van der Waals surface area contributed by atoms with Gasteiger partial charge in [-0.15, -0.1) is 0 Å². The summed E-state index contributed by atoms with van der Waals surface area (Å²) in [7, 11) is -1.59. The van der Waals surface area contributed by atoms with E-state index >= 15 is 0 Å². The molecule has 10 heteroatoms. The van der Waals surface area contributed by atoms with Crippen molar-refractivity contribution >= 4 is 27.7 Å². The van der Waals surface area contributed by atoms with E-state index in [4.69, 9.17) is 0 Å². The second kappa shape index (κ2) is 12.6. The number of anilines is 1. The van der Waals surface area contributed by atoms with E-state index in [0.717, 1.165) is 32.2 Å². The molecule has 2 rings (SSSR count). The molecule has 0 fully saturated rings. The summed E-state index contributed by atoms with van der Waals surface area (Å²) in [5, 5.41) is 2.83. The standard InChI is InChI=1S/C25H35FN4O4S/c1-6-15-27-25(32)22(7-2)29(17-20-12-10-11-19(3)16-20)24(31)18-30(35(33,34)28(4)5)23-14-9-8-13-21(23)26/h8-14,16,22H,6-7,15,17-18H2,1-5H3,(H,27,32)/t22-/m0/s1. The molecule has 0 aromatic heterocycles. The first kappa shape index (κ1) is 28.3. The molecule has 2 amide bonds. The molecule has 0 aliphatic rings. The number of nitrogens with zero attached hydrogens (tertiary/aromatic N) is 3. The number of benzene rings is 2. The Kier molecular flexibility index (Phi) is 10.2. The molecular weight excluding hydrogens is 471 g/mol. The van der Waals surface area contributed by atoms with Crippen LogP contribution in [0.1, 0.15) is 37.8 Å². The molecule has 0 saturated carbocycles. The molecule has 2 aromatic rings. The molecule has 0 unspecified atom stereocenters. The SMILES string of the molecule is CCCNC(=O)[C@H](CC)N(Cc1cccc(C)c1)C(=O)CN(c1ccccc1F)S(=O)(=O)N(C)C. The number of halogens is 1. The minimum Gasteiger partial charge on any atom is -0.354 e. The fourth-order valence-electron chi connectivity index (χ4n) is 3.65. The van der Waals surface area contributed by atoms with Gasteiger partial charge in [0.2, 0.25) is 11.8 Å². The molecule has 0 spiro atoms. The van der Waals surface area contributed by atoms with Gasteiger partial charge in [0.25, 0.3) is 0 Å². The summed E-state index contributed by atoms with van der Waals surface area (Å²) in [5.74, 6) is -1.70. The Morgan fingerprint density at radius 3 is 2.31 bits per heavy atom. The number of nitrogens with one attached hydrogen (secondary N) is 1. The molecule has 35 heavy (non-hydrogen) atoms. The van der Waals surface area contributed by atoms with Gasteiger partial charge in [-0.05, 0) is 37.5 Å². The maximum absolute atomic E-state index is 14.7. The molecule has 0 saturated heterocycles. The highest BCUT2D eigenvalue weighted by Gasteiger charge is 2.34. The fourth-order valence-corrected chi connectivity index (χ4v) is 4.71. The minimum atomic E-state index is -4.21. The van der Waals surface area contributed by atoms with Crippen molar-refractivity contribution < 1.29 is 22.4 Å². The number of carbonyl (C=O) groups is 2. The first-order chi connectivity index (χ1) is 16.5. The summed E-state index contributed by atoms with van der Waals surface area (Å²) in [5.41, 5.74) is 1.54. The van der Waals surface area contributed by atoms with E-state index in [0.29, 0.717) is 13.0 Å². The minimum absolute atomic E-state index is 0.103. The largest absolute Gasteiger partial charge is 0.354 e. The summed E-state index contributed by atoms with van der Waals surface area (Å²) in [4.78, 5) is 28.0. The Labute approximate surface area is 207 Å². The highest BCUT2D eigenvalue weighted by atomic mass is 32.2. The van der Waals surface area contributed by atoms with E-state index in [1.807, 2.05) is 38.1 Å². The van der Waals surface area contributed by atoms with E-state index in [-0.39, 0.29) is 18.1 Å². The van der Waals surface area contributed by atoms with Crippen LogP contribution in [0.3, 0.4) is 0 Å². The molecule has 2 aromatic carbocycles. The third kappa shape index (κ3) is 7.25. The molecule has 0 radical (unpaired) electrons. The first-order valence-corrected chi connectivity index (χ1v) is 13.0. The van der Waals surface area contributed by atoms with Crippen LogP contribution in [0.25, 0.3) is 0 Å². The molecule has 1 N–H and O–H groups in total. The zero-order valence-electron chi connectivity index (χ0n) is 21.0. The lowest BCUT2D eigenvalue weighted by Crippen LogP contribution is -2.53. The van der Waals surface area contributed by atoms with Crippen LogP contribution < -0.4 is 9.62 Å². The van der Waals surface area contributed by atoms with Gasteiger partial charge in [0, 0.05) is 27.2 Å². The number of para-hydroxylation sites is 1. The van der Waals surface area contributed by atoms with Gasteiger partial charge in [0.1, 0.15) is 18.4 Å². The fraction of sp³-hybridized carbons (Fsp3) is 0.440. The number of carbonyl (C=O) groups excluding carboxylic acids is 2. The lowest BCUT2D eigenvalue weighted by molar-refractivity contribution is -0.140. The summed E-state index contributed by atoms with van der Waals surface area (Å²) in [6.07, 6.45) is 1.06. The monoisotopic (exact) mass is 506 g/mol. The zero-order chi connectivity index (χ0) is 26.2. The van der Waals surface area contributed by atoms with Crippen molar-refractivity contribution in [2.24, 2.45) is 0 Å². The number of amides is 2. The van der Waals surface area contributed by atoms with Gasteiger partial charge in [-0.25, -0.2) is 8.70 Å².